The molecular weight excluding hydrogens is 1310 g/mol. The molecule has 2 unspecified atom stereocenters. The van der Waals surface area contributed by atoms with Gasteiger partial charge in [-0.2, -0.15) is 0 Å². The molecule has 594 valence electrons. The van der Waals surface area contributed by atoms with E-state index >= 15 is 0 Å². The quantitative estimate of drug-likeness (QED) is 0.0222. The SMILES string of the molecule is CCCCCCCCCCCCCCCCCC(=O)O[C@H](COC(=O)CCCCCCCCCC(C)C)COP(=O)(O)OC[C@H](O)COP(=O)(O)OC[C@@H](COC(=O)CCCCCCCCCCCCCCCCC(C)C)OC(=O)CCCCCCCCCCCCCCCCCC(C)C. The van der Waals surface area contributed by atoms with Crippen LogP contribution in [-0.2, 0) is 65.4 Å². The fourth-order valence-corrected chi connectivity index (χ4v) is 14.1. The molecule has 0 heterocycles. The number of phosphoric ester groups is 2. The highest BCUT2D eigenvalue weighted by molar-refractivity contribution is 7.47. The van der Waals surface area contributed by atoms with Crippen molar-refractivity contribution in [3.63, 3.8) is 0 Å². The van der Waals surface area contributed by atoms with Gasteiger partial charge in [0.1, 0.15) is 19.3 Å². The van der Waals surface area contributed by atoms with E-state index in [9.17, 15) is 43.2 Å². The molecule has 19 heteroatoms. The van der Waals surface area contributed by atoms with Gasteiger partial charge in [0.2, 0.25) is 0 Å². The van der Waals surface area contributed by atoms with Gasteiger partial charge < -0.3 is 33.8 Å². The summed E-state index contributed by atoms with van der Waals surface area (Å²) in [6.07, 6.45) is 59.7. The maximum atomic E-state index is 13.1. The molecule has 0 radical (unpaired) electrons. The van der Waals surface area contributed by atoms with Crippen molar-refractivity contribution in [2.75, 3.05) is 39.6 Å². The Morgan fingerprint density at radius 1 is 0.270 bits per heavy atom. The zero-order chi connectivity index (χ0) is 73.7. The Morgan fingerprint density at radius 2 is 0.460 bits per heavy atom. The third-order valence-electron chi connectivity index (χ3n) is 18.9. The molecule has 0 saturated carbocycles. The third-order valence-corrected chi connectivity index (χ3v) is 20.8. The zero-order valence-corrected chi connectivity index (χ0v) is 67.5. The van der Waals surface area contributed by atoms with Gasteiger partial charge in [0, 0.05) is 25.7 Å². The predicted octanol–water partition coefficient (Wildman–Crippen LogP) is 24.1. The first-order valence-electron chi connectivity index (χ1n) is 41.8. The van der Waals surface area contributed by atoms with Crippen LogP contribution in [0.5, 0.6) is 0 Å². The standard InChI is InChI=1S/C81H158O17P2/c1-8-9-10-11-12-13-14-15-17-25-30-35-42-50-57-64-81(86)98-77(69-92-79(84)63-56-49-44-37-40-47-54-61-74(6)7)71-96-100(89,90)94-67-75(82)66-93-99(87,88)95-70-76(68-91-78(83)62-55-48-41-34-29-24-21-20-23-28-33-39-46-53-60-73(4)5)97-80(85)65-58-51-43-36-31-26-19-16-18-22-27-32-38-45-52-59-72(2)3/h72-77,82H,8-71H2,1-7H3,(H,87,88)(H,89,90)/t75-,76-,77-/m1/s1. The Balaban J connectivity index is 5.25. The summed E-state index contributed by atoms with van der Waals surface area (Å²) in [7, 11) is -9.92. The van der Waals surface area contributed by atoms with Crippen LogP contribution in [0.15, 0.2) is 0 Å². The van der Waals surface area contributed by atoms with Crippen LogP contribution in [0.2, 0.25) is 0 Å². The maximum Gasteiger partial charge on any atom is 0.472 e. The van der Waals surface area contributed by atoms with E-state index < -0.39 is 97.5 Å². The topological polar surface area (TPSA) is 237 Å². The number of aliphatic hydroxyl groups excluding tert-OH is 1. The third kappa shape index (κ3) is 74.3. The summed E-state index contributed by atoms with van der Waals surface area (Å²) in [4.78, 5) is 73.0. The van der Waals surface area contributed by atoms with Gasteiger partial charge >= 0.3 is 39.5 Å². The van der Waals surface area contributed by atoms with E-state index in [0.717, 1.165) is 108 Å². The number of hydrogen-bond acceptors (Lipinski definition) is 15. The summed E-state index contributed by atoms with van der Waals surface area (Å²) in [5.41, 5.74) is 0. The van der Waals surface area contributed by atoms with Gasteiger partial charge in [-0.15, -0.1) is 0 Å². The molecule has 0 aromatic carbocycles. The molecular formula is C81H158O17P2. The summed E-state index contributed by atoms with van der Waals surface area (Å²) >= 11 is 0. The molecule has 0 aliphatic carbocycles. The first-order chi connectivity index (χ1) is 48.2. The molecule has 0 bridgehead atoms. The average Bonchev–Trinajstić information content (AvgIpc) is 0.912. The van der Waals surface area contributed by atoms with Crippen molar-refractivity contribution >= 4 is 39.5 Å². The Bertz CT molecular complexity index is 1940. The minimum atomic E-state index is -4.96. The zero-order valence-electron chi connectivity index (χ0n) is 65.7. The summed E-state index contributed by atoms with van der Waals surface area (Å²) in [6.45, 7) is 11.9. The smallest absolute Gasteiger partial charge is 0.462 e. The molecule has 100 heavy (non-hydrogen) atoms. The van der Waals surface area contributed by atoms with E-state index in [0.29, 0.717) is 31.6 Å². The van der Waals surface area contributed by atoms with Crippen LogP contribution in [0.25, 0.3) is 0 Å². The lowest BCUT2D eigenvalue weighted by molar-refractivity contribution is -0.161. The van der Waals surface area contributed by atoms with Crippen molar-refractivity contribution in [1.82, 2.24) is 0 Å². The maximum absolute atomic E-state index is 13.1. The highest BCUT2D eigenvalue weighted by atomic mass is 31.2. The van der Waals surface area contributed by atoms with Gasteiger partial charge in [-0.3, -0.25) is 37.3 Å². The summed E-state index contributed by atoms with van der Waals surface area (Å²) in [6, 6.07) is 0. The lowest BCUT2D eigenvalue weighted by atomic mass is 10.0. The molecule has 17 nitrogen and oxygen atoms in total. The van der Waals surface area contributed by atoms with E-state index in [-0.39, 0.29) is 25.7 Å². The van der Waals surface area contributed by atoms with Crippen molar-refractivity contribution < 1.29 is 80.2 Å². The second-order valence-electron chi connectivity index (χ2n) is 30.6. The summed E-state index contributed by atoms with van der Waals surface area (Å²) < 4.78 is 68.7. The molecule has 0 aliphatic rings. The van der Waals surface area contributed by atoms with Gasteiger partial charge in [0.15, 0.2) is 12.2 Å². The highest BCUT2D eigenvalue weighted by Gasteiger charge is 2.30. The van der Waals surface area contributed by atoms with Crippen LogP contribution >= 0.6 is 15.6 Å². The molecule has 0 amide bonds. The second-order valence-corrected chi connectivity index (χ2v) is 33.5. The van der Waals surface area contributed by atoms with Crippen molar-refractivity contribution in [3.05, 3.63) is 0 Å². The lowest BCUT2D eigenvalue weighted by Gasteiger charge is -2.21. The number of carbonyl (C=O) groups is 4. The Hall–Kier alpha value is -1.94. The fraction of sp³-hybridized carbons (Fsp3) is 0.951. The molecule has 5 atom stereocenters. The molecule has 0 rings (SSSR count). The van der Waals surface area contributed by atoms with Gasteiger partial charge in [-0.1, -0.05) is 370 Å². The lowest BCUT2D eigenvalue weighted by Crippen LogP contribution is -2.30. The number of aliphatic hydroxyl groups is 1. The minimum Gasteiger partial charge on any atom is -0.462 e. The van der Waals surface area contributed by atoms with Gasteiger partial charge in [0.25, 0.3) is 0 Å². The Labute approximate surface area is 613 Å². The van der Waals surface area contributed by atoms with Crippen molar-refractivity contribution in [1.29, 1.82) is 0 Å². The van der Waals surface area contributed by atoms with Gasteiger partial charge in [-0.05, 0) is 43.4 Å². The van der Waals surface area contributed by atoms with E-state index in [1.54, 1.807) is 0 Å². The van der Waals surface area contributed by atoms with Crippen molar-refractivity contribution in [2.24, 2.45) is 17.8 Å². The number of rotatable bonds is 79. The van der Waals surface area contributed by atoms with Crippen LogP contribution in [0.1, 0.15) is 421 Å². The van der Waals surface area contributed by atoms with Gasteiger partial charge in [0.05, 0.1) is 26.4 Å². The van der Waals surface area contributed by atoms with E-state index in [1.165, 1.54) is 225 Å². The molecule has 0 aromatic rings. The molecule has 0 aliphatic heterocycles. The molecule has 0 spiro atoms. The Morgan fingerprint density at radius 3 is 0.680 bits per heavy atom. The first kappa shape index (κ1) is 98.1. The number of ether oxygens (including phenoxy) is 4. The highest BCUT2D eigenvalue weighted by Crippen LogP contribution is 2.45. The van der Waals surface area contributed by atoms with Gasteiger partial charge in [-0.25, -0.2) is 9.13 Å². The summed E-state index contributed by atoms with van der Waals surface area (Å²) in [5, 5.41) is 10.6. The largest absolute Gasteiger partial charge is 0.472 e. The first-order valence-corrected chi connectivity index (χ1v) is 44.8. The molecule has 0 saturated heterocycles. The van der Waals surface area contributed by atoms with E-state index in [4.69, 9.17) is 37.0 Å². The van der Waals surface area contributed by atoms with E-state index in [2.05, 4.69) is 48.5 Å². The van der Waals surface area contributed by atoms with Crippen LogP contribution < -0.4 is 0 Å². The number of carbonyl (C=O) groups excluding carboxylic acids is 4. The molecule has 3 N–H and O–H groups in total. The monoisotopic (exact) mass is 1470 g/mol. The van der Waals surface area contributed by atoms with Crippen LogP contribution in [0.4, 0.5) is 0 Å². The van der Waals surface area contributed by atoms with Crippen LogP contribution in [0, 0.1) is 17.8 Å². The van der Waals surface area contributed by atoms with Crippen LogP contribution in [0.3, 0.4) is 0 Å². The number of esters is 4. The van der Waals surface area contributed by atoms with Crippen LogP contribution in [-0.4, -0.2) is 96.7 Å². The number of hydrogen-bond donors (Lipinski definition) is 3. The number of unbranched alkanes of at least 4 members (excludes halogenated alkanes) is 47. The normalized spacial score (nSPS) is 14.0. The van der Waals surface area contributed by atoms with E-state index in [1.807, 2.05) is 0 Å². The Kier molecular flexibility index (Phi) is 69.9. The fourth-order valence-electron chi connectivity index (χ4n) is 12.5. The molecule has 0 aromatic heterocycles. The average molecular weight is 1470 g/mol. The van der Waals surface area contributed by atoms with Crippen molar-refractivity contribution in [3.8, 4) is 0 Å². The number of phosphoric acid groups is 2. The van der Waals surface area contributed by atoms with Crippen molar-refractivity contribution in [2.45, 2.75) is 439 Å². The minimum absolute atomic E-state index is 0.107. The summed E-state index contributed by atoms with van der Waals surface area (Å²) in [5.74, 6) is 0.197. The second kappa shape index (κ2) is 71.3. The predicted molar refractivity (Wildman–Crippen MR) is 409 cm³/mol. The molecule has 0 fully saturated rings.